The first-order valence-electron chi connectivity index (χ1n) is 8.33. The van der Waals surface area contributed by atoms with Gasteiger partial charge in [-0.3, -0.25) is 0 Å². The summed E-state index contributed by atoms with van der Waals surface area (Å²) in [5.74, 6) is -2.80. The molecule has 8 nitrogen and oxygen atoms in total. The number of hydrogen-bond acceptors (Lipinski definition) is 6. The highest BCUT2D eigenvalue weighted by atomic mass is 19.1. The fraction of sp³-hybridized carbons (Fsp3) is 0.294. The zero-order valence-corrected chi connectivity index (χ0v) is 14.4. The van der Waals surface area contributed by atoms with Gasteiger partial charge in [-0.1, -0.05) is 0 Å². The quantitative estimate of drug-likeness (QED) is 0.735. The van der Waals surface area contributed by atoms with Crippen molar-refractivity contribution >= 4 is 17.3 Å². The molecule has 0 aliphatic carbocycles. The number of benzene rings is 1. The number of amides is 1. The number of morpholine rings is 1. The maximum absolute atomic E-state index is 13.7. The minimum atomic E-state index is -1.12. The van der Waals surface area contributed by atoms with Crippen molar-refractivity contribution in [3.63, 3.8) is 0 Å². The second-order valence-corrected chi connectivity index (χ2v) is 6.09. The Hall–Kier alpha value is -3.21. The lowest BCUT2D eigenvalue weighted by molar-refractivity contribution is -0.0332. The van der Waals surface area contributed by atoms with Crippen molar-refractivity contribution in [3.05, 3.63) is 53.5 Å². The molecule has 3 aromatic rings. The van der Waals surface area contributed by atoms with Crippen LogP contribution in [0.2, 0.25) is 0 Å². The molecule has 3 heterocycles. The van der Waals surface area contributed by atoms with Crippen LogP contribution >= 0.6 is 0 Å². The van der Waals surface area contributed by atoms with Crippen LogP contribution in [0.1, 0.15) is 17.5 Å². The van der Waals surface area contributed by atoms with Gasteiger partial charge in [-0.15, -0.1) is 0 Å². The topological polar surface area (TPSA) is 93.2 Å². The predicted octanol–water partition coefficient (Wildman–Crippen LogP) is 2.48. The Balaban J connectivity index is 1.42. The monoisotopic (exact) mass is 393 g/mol. The summed E-state index contributed by atoms with van der Waals surface area (Å²) in [6.45, 7) is -0.0645. The van der Waals surface area contributed by atoms with Gasteiger partial charge in [-0.25, -0.2) is 32.9 Å². The van der Waals surface area contributed by atoms with E-state index < -0.39 is 41.8 Å². The predicted molar refractivity (Wildman–Crippen MR) is 88.5 cm³/mol. The van der Waals surface area contributed by atoms with Crippen LogP contribution in [-0.4, -0.2) is 50.6 Å². The first kappa shape index (κ1) is 18.2. The molecule has 1 N–H and O–H groups in total. The molecule has 1 aromatic carbocycles. The first-order valence-corrected chi connectivity index (χ1v) is 8.33. The maximum atomic E-state index is 13.7. The highest BCUT2D eigenvalue weighted by Crippen LogP contribution is 2.23. The molecular formula is C17H14F3N5O3. The molecule has 2 aromatic heterocycles. The number of rotatable bonds is 3. The van der Waals surface area contributed by atoms with Gasteiger partial charge in [0.15, 0.2) is 5.65 Å². The summed E-state index contributed by atoms with van der Waals surface area (Å²) < 4.78 is 50.9. The van der Waals surface area contributed by atoms with Gasteiger partial charge in [0.25, 0.3) is 0 Å². The van der Waals surface area contributed by atoms with Crippen LogP contribution in [-0.2, 0) is 16.1 Å². The van der Waals surface area contributed by atoms with E-state index in [1.807, 2.05) is 0 Å². The van der Waals surface area contributed by atoms with Crippen molar-refractivity contribution in [2.75, 3.05) is 19.7 Å². The summed E-state index contributed by atoms with van der Waals surface area (Å²) in [4.78, 5) is 28.9. The molecule has 11 heteroatoms. The van der Waals surface area contributed by atoms with Gasteiger partial charge in [0.05, 0.1) is 24.9 Å². The molecule has 0 saturated carbocycles. The van der Waals surface area contributed by atoms with E-state index in [-0.39, 0.29) is 19.7 Å². The Morgan fingerprint density at radius 2 is 2.11 bits per heavy atom. The van der Waals surface area contributed by atoms with Crippen molar-refractivity contribution in [2.24, 2.45) is 0 Å². The lowest BCUT2D eigenvalue weighted by Gasteiger charge is -2.31. The summed E-state index contributed by atoms with van der Waals surface area (Å²) in [6.07, 6.45) is 1.61. The second kappa shape index (κ2) is 7.43. The van der Waals surface area contributed by atoms with Gasteiger partial charge >= 0.3 is 6.09 Å². The molecule has 1 saturated heterocycles. The van der Waals surface area contributed by atoms with Crippen LogP contribution in [0.4, 0.5) is 18.0 Å². The van der Waals surface area contributed by atoms with E-state index >= 15 is 0 Å². The van der Waals surface area contributed by atoms with Gasteiger partial charge < -0.3 is 19.4 Å². The minimum absolute atomic E-state index is 0.125. The molecule has 1 atom stereocenters. The van der Waals surface area contributed by atoms with Crippen LogP contribution in [0.3, 0.4) is 0 Å². The van der Waals surface area contributed by atoms with Gasteiger partial charge in [-0.2, -0.15) is 0 Å². The number of carbonyl (C=O) groups is 1. The van der Waals surface area contributed by atoms with Crippen LogP contribution in [0.5, 0.6) is 0 Å². The van der Waals surface area contributed by atoms with Crippen LogP contribution in [0, 0.1) is 17.5 Å². The summed E-state index contributed by atoms with van der Waals surface area (Å²) in [6, 6.07) is 1.06. The first-order chi connectivity index (χ1) is 13.5. The van der Waals surface area contributed by atoms with Crippen LogP contribution in [0.25, 0.3) is 11.2 Å². The van der Waals surface area contributed by atoms with Crippen molar-refractivity contribution in [3.8, 4) is 0 Å². The van der Waals surface area contributed by atoms with Gasteiger partial charge in [0, 0.05) is 18.7 Å². The summed E-state index contributed by atoms with van der Waals surface area (Å²) >= 11 is 0. The summed E-state index contributed by atoms with van der Waals surface area (Å²) in [5.41, 5.74) is 0.578. The van der Waals surface area contributed by atoms with Gasteiger partial charge in [0.2, 0.25) is 0 Å². The van der Waals surface area contributed by atoms with Crippen LogP contribution < -0.4 is 0 Å². The third-order valence-electron chi connectivity index (χ3n) is 4.26. The number of fused-ring (bicyclic) bond motifs is 1. The lowest BCUT2D eigenvalue weighted by atomic mass is 10.2. The molecule has 1 amide bonds. The number of aromatic nitrogens is 4. The molecule has 28 heavy (non-hydrogen) atoms. The molecule has 146 valence electrons. The van der Waals surface area contributed by atoms with Crippen molar-refractivity contribution in [1.29, 1.82) is 0 Å². The average Bonchev–Trinajstić information content (AvgIpc) is 3.11. The number of H-pyrrole nitrogens is 1. The van der Waals surface area contributed by atoms with E-state index in [1.54, 1.807) is 6.20 Å². The van der Waals surface area contributed by atoms with E-state index in [1.165, 1.54) is 11.2 Å². The zero-order chi connectivity index (χ0) is 19.7. The number of hydrogen-bond donors (Lipinski definition) is 1. The molecule has 1 aliphatic rings. The second-order valence-electron chi connectivity index (χ2n) is 6.09. The summed E-state index contributed by atoms with van der Waals surface area (Å²) in [5, 5.41) is 0. The Morgan fingerprint density at radius 3 is 2.86 bits per heavy atom. The SMILES string of the molecule is O=C(OCc1c(F)cc(F)cc1F)N1CCO[C@H](c2nc3cncnc3[nH]2)C1. The number of nitrogens with zero attached hydrogens (tertiary/aromatic N) is 4. The van der Waals surface area contributed by atoms with Crippen molar-refractivity contribution in [1.82, 2.24) is 24.8 Å². The van der Waals surface area contributed by atoms with Gasteiger partial charge in [-0.05, 0) is 0 Å². The highest BCUT2D eigenvalue weighted by molar-refractivity contribution is 5.69. The molecule has 0 spiro atoms. The fourth-order valence-corrected chi connectivity index (χ4v) is 2.85. The number of nitrogens with one attached hydrogen (secondary N) is 1. The molecule has 1 fully saturated rings. The molecule has 4 rings (SSSR count). The average molecular weight is 393 g/mol. The van der Waals surface area contributed by atoms with Crippen molar-refractivity contribution < 1.29 is 27.4 Å². The minimum Gasteiger partial charge on any atom is -0.444 e. The fourth-order valence-electron chi connectivity index (χ4n) is 2.85. The largest absolute Gasteiger partial charge is 0.444 e. The molecule has 0 radical (unpaired) electrons. The third-order valence-corrected chi connectivity index (χ3v) is 4.26. The molecule has 0 bridgehead atoms. The molecule has 1 aliphatic heterocycles. The van der Waals surface area contributed by atoms with E-state index in [2.05, 4.69) is 19.9 Å². The van der Waals surface area contributed by atoms with E-state index in [0.29, 0.717) is 29.1 Å². The lowest BCUT2D eigenvalue weighted by Crippen LogP contribution is -2.42. The standard InChI is InChI=1S/C17H14F3N5O3/c18-9-3-11(19)10(12(20)4-9)7-28-17(26)25-1-2-27-14(6-25)16-23-13-5-21-8-22-15(13)24-16/h3-5,8,14H,1-2,6-7H2,(H,21,22,23,24)/t14-/m0/s1. The van der Waals surface area contributed by atoms with Crippen molar-refractivity contribution in [2.45, 2.75) is 12.7 Å². The van der Waals surface area contributed by atoms with Crippen LogP contribution in [0.15, 0.2) is 24.7 Å². The third kappa shape index (κ3) is 3.60. The van der Waals surface area contributed by atoms with E-state index in [4.69, 9.17) is 9.47 Å². The number of halogens is 3. The highest BCUT2D eigenvalue weighted by Gasteiger charge is 2.29. The smallest absolute Gasteiger partial charge is 0.410 e. The zero-order valence-electron chi connectivity index (χ0n) is 14.4. The van der Waals surface area contributed by atoms with Gasteiger partial charge in [0.1, 0.15) is 47.8 Å². The number of aromatic amines is 1. The number of imidazole rings is 1. The normalized spacial score (nSPS) is 17.1. The van der Waals surface area contributed by atoms with E-state index in [0.717, 1.165) is 0 Å². The molecule has 0 unspecified atom stereocenters. The number of ether oxygens (including phenoxy) is 2. The Kier molecular flexibility index (Phi) is 4.82. The number of carbonyl (C=O) groups excluding carboxylic acids is 1. The Morgan fingerprint density at radius 1 is 1.32 bits per heavy atom. The Bertz CT molecular complexity index is 972. The Labute approximate surface area is 156 Å². The molecular weight excluding hydrogens is 379 g/mol. The van der Waals surface area contributed by atoms with E-state index in [9.17, 15) is 18.0 Å². The maximum Gasteiger partial charge on any atom is 0.410 e. The summed E-state index contributed by atoms with van der Waals surface area (Å²) in [7, 11) is 0.